The Bertz CT molecular complexity index is 1400. The summed E-state index contributed by atoms with van der Waals surface area (Å²) in [7, 11) is 0. The zero-order valence-electron chi connectivity index (χ0n) is 25.0. The van der Waals surface area contributed by atoms with Gasteiger partial charge in [0.15, 0.2) is 0 Å². The second-order valence-corrected chi connectivity index (χ2v) is 58.2. The van der Waals surface area contributed by atoms with E-state index in [1.807, 2.05) is 0 Å². The van der Waals surface area contributed by atoms with E-state index in [9.17, 15) is 0 Å². The quantitative estimate of drug-likeness (QED) is 0.284. The van der Waals surface area contributed by atoms with Gasteiger partial charge in [-0.3, -0.25) is 0 Å². The molecule has 0 amide bonds. The minimum atomic E-state index is -3.67. The van der Waals surface area contributed by atoms with Gasteiger partial charge < -0.3 is 0 Å². The van der Waals surface area contributed by atoms with Gasteiger partial charge in [0.05, 0.1) is 0 Å². The molecule has 6 rings (SSSR count). The zero-order valence-corrected chi connectivity index (χ0v) is 29.8. The third-order valence-electron chi connectivity index (χ3n) is 11.6. The third-order valence-corrected chi connectivity index (χ3v) is 54.6. The van der Waals surface area contributed by atoms with Crippen molar-refractivity contribution in [3.63, 3.8) is 0 Å². The summed E-state index contributed by atoms with van der Waals surface area (Å²) in [5, 5.41) is 0. The summed E-state index contributed by atoms with van der Waals surface area (Å²) in [5.41, 5.74) is 23.8. The van der Waals surface area contributed by atoms with Crippen LogP contribution in [0.15, 0.2) is 11.1 Å². The van der Waals surface area contributed by atoms with Crippen LogP contribution in [0, 0.1) is 27.7 Å². The number of hydrogen-bond donors (Lipinski definition) is 0. The molecule has 0 aromatic heterocycles. The fraction of sp³-hybridized carbons (Fsp3) is 0.543. The molecule has 0 saturated heterocycles. The van der Waals surface area contributed by atoms with E-state index in [1.165, 1.54) is 51.0 Å². The molecule has 2 aromatic rings. The van der Waals surface area contributed by atoms with Crippen LogP contribution in [-0.2, 0) is 42.8 Å². The summed E-state index contributed by atoms with van der Waals surface area (Å²) in [4.78, 5) is 0. The molecule has 0 bridgehead atoms. The van der Waals surface area contributed by atoms with Gasteiger partial charge >= 0.3 is 230 Å². The van der Waals surface area contributed by atoms with Crippen molar-refractivity contribution in [3.8, 4) is 0 Å². The minimum absolute atomic E-state index is 0.462. The van der Waals surface area contributed by atoms with Crippen molar-refractivity contribution in [3.05, 3.63) is 77.9 Å². The third kappa shape index (κ3) is 3.46. The van der Waals surface area contributed by atoms with E-state index >= 15 is 0 Å². The number of rotatable bonds is 4. The molecule has 0 aliphatic heterocycles. The predicted octanol–water partition coefficient (Wildman–Crippen LogP) is 9.48. The van der Waals surface area contributed by atoms with E-state index in [-0.39, 0.29) is 0 Å². The van der Waals surface area contributed by atoms with E-state index in [0.717, 1.165) is 0 Å². The van der Waals surface area contributed by atoms with E-state index in [1.54, 1.807) is 77.9 Å². The van der Waals surface area contributed by atoms with Gasteiger partial charge in [0.2, 0.25) is 0 Å². The molecule has 2 heteroatoms. The van der Waals surface area contributed by atoms with Gasteiger partial charge in [0.1, 0.15) is 0 Å². The van der Waals surface area contributed by atoms with Crippen LogP contribution in [0.4, 0.5) is 0 Å². The second-order valence-electron chi connectivity index (χ2n) is 14.1. The van der Waals surface area contributed by atoms with Gasteiger partial charge in [-0.2, -0.15) is 0 Å². The van der Waals surface area contributed by atoms with Crippen LogP contribution in [0.25, 0.3) is 12.2 Å². The Balaban J connectivity index is 1.67. The zero-order chi connectivity index (χ0) is 26.5. The fourth-order valence-electron chi connectivity index (χ4n) is 10.1. The summed E-state index contributed by atoms with van der Waals surface area (Å²) < 4.78 is 7.34. The van der Waals surface area contributed by atoms with E-state index in [0.29, 0.717) is 13.6 Å². The van der Waals surface area contributed by atoms with Crippen LogP contribution >= 0.6 is 0 Å². The first-order valence-corrected chi connectivity index (χ1v) is 34.2. The topological polar surface area (TPSA) is 0 Å². The van der Waals surface area contributed by atoms with Crippen molar-refractivity contribution in [2.75, 3.05) is 0 Å². The Morgan fingerprint density at radius 1 is 0.649 bits per heavy atom. The van der Waals surface area contributed by atoms with Gasteiger partial charge in [0, 0.05) is 0 Å². The summed E-state index contributed by atoms with van der Waals surface area (Å²) in [6, 6.07) is 1.47. The van der Waals surface area contributed by atoms with Crippen LogP contribution in [-0.4, -0.2) is 6.22 Å². The number of fused-ring (bicyclic) bond motifs is 4. The molecule has 2 unspecified atom stereocenters. The maximum absolute atomic E-state index is 3.67. The van der Waals surface area contributed by atoms with Crippen LogP contribution in [0.3, 0.4) is 0 Å². The molecule has 37 heavy (non-hydrogen) atoms. The van der Waals surface area contributed by atoms with Gasteiger partial charge in [-0.1, -0.05) is 0 Å². The van der Waals surface area contributed by atoms with Crippen molar-refractivity contribution in [2.24, 2.45) is 0 Å². The standard InChI is InChI=1S/2C15H17.C3H8Si.2CH3.Hf/c2*1-9-7-14-10(2)12-5-4-6-13(12)11(3)15(14)8-9;1-2-3-4;;;/h2*7-8H,4-6H2,1-3H3;4H,2-3H2,1H3;2*1H3;. The Morgan fingerprint density at radius 3 is 1.41 bits per heavy atom. The average molecular weight is 675 g/mol. The summed E-state index contributed by atoms with van der Waals surface area (Å²) in [6.45, 7) is 17.4. The number of benzene rings is 2. The molecule has 2 aromatic carbocycles. The normalized spacial score (nSPS) is 22.0. The van der Waals surface area contributed by atoms with Crippen LogP contribution in [0.2, 0.25) is 15.4 Å². The molecule has 0 fully saturated rings. The predicted molar refractivity (Wildman–Crippen MR) is 163 cm³/mol. The SMILES string of the molecule is CCC[SiH]=[Hf]([CH3])([CH3])([CH]1C(C)=Cc2c(C)c3c(c(C)c21)CCC3)[CH]1C(C)=Cc2c(C)c3c(c(C)c21)CCC3. The first-order chi connectivity index (χ1) is 17.5. The van der Waals surface area contributed by atoms with E-state index in [2.05, 4.69) is 70.0 Å². The monoisotopic (exact) mass is 676 g/mol. The van der Waals surface area contributed by atoms with Gasteiger partial charge in [-0.25, -0.2) is 0 Å². The summed E-state index contributed by atoms with van der Waals surface area (Å²) in [6.07, 6.45) is 15.1. The molecule has 4 aliphatic carbocycles. The summed E-state index contributed by atoms with van der Waals surface area (Å²) in [5.74, 6) is 0. The van der Waals surface area contributed by atoms with Gasteiger partial charge in [0.25, 0.3) is 0 Å². The number of hydrogen-bond acceptors (Lipinski definition) is 0. The van der Waals surface area contributed by atoms with Crippen LogP contribution in [0.5, 0.6) is 0 Å². The van der Waals surface area contributed by atoms with Gasteiger partial charge in [-0.15, -0.1) is 0 Å². The second kappa shape index (κ2) is 8.75. The van der Waals surface area contributed by atoms with Crippen molar-refractivity contribution < 1.29 is 17.1 Å². The van der Waals surface area contributed by atoms with Crippen molar-refractivity contribution in [1.29, 1.82) is 0 Å². The van der Waals surface area contributed by atoms with Crippen LogP contribution in [0.1, 0.15) is 114 Å². The molecule has 0 N–H and O–H groups in total. The summed E-state index contributed by atoms with van der Waals surface area (Å²) >= 11 is -3.67. The molecule has 0 nitrogen and oxygen atoms in total. The van der Waals surface area contributed by atoms with Crippen molar-refractivity contribution >= 4 is 18.4 Å². The van der Waals surface area contributed by atoms with Gasteiger partial charge in [-0.05, 0) is 0 Å². The van der Waals surface area contributed by atoms with Crippen molar-refractivity contribution in [1.82, 2.24) is 0 Å². The molecule has 4 aliphatic rings. The molecule has 0 saturated carbocycles. The first-order valence-electron chi connectivity index (χ1n) is 15.2. The maximum atomic E-state index is 2.96. The Kier molecular flexibility index (Phi) is 6.21. The average Bonchev–Trinajstić information content (AvgIpc) is 3.64. The Labute approximate surface area is 228 Å². The molecule has 0 radical (unpaired) electrons. The molecule has 0 heterocycles. The Morgan fingerprint density at radius 2 is 1.03 bits per heavy atom. The van der Waals surface area contributed by atoms with Crippen LogP contribution < -0.4 is 0 Å². The molecular formula is C35H48HfSi. The molecule has 2 atom stereocenters. The van der Waals surface area contributed by atoms with E-state index in [4.69, 9.17) is 0 Å². The number of allylic oxidation sites excluding steroid dienone is 2. The van der Waals surface area contributed by atoms with Crippen molar-refractivity contribution in [2.45, 2.75) is 116 Å². The molecule has 196 valence electrons. The fourth-order valence-corrected chi connectivity index (χ4v) is 58.2. The molecular weight excluding hydrogens is 627 g/mol. The molecule has 0 spiro atoms. The van der Waals surface area contributed by atoms with E-state index < -0.39 is 17.1 Å². The Hall–Kier alpha value is -0.993. The first kappa shape index (κ1) is 26.2.